The van der Waals surface area contributed by atoms with Gasteiger partial charge in [-0.15, -0.1) is 11.8 Å². The summed E-state index contributed by atoms with van der Waals surface area (Å²) in [6, 6.07) is 5.14. The van der Waals surface area contributed by atoms with Gasteiger partial charge in [0.25, 0.3) is 5.91 Å². The lowest BCUT2D eigenvalue weighted by molar-refractivity contribution is 0.102. The molecule has 0 saturated heterocycles. The second kappa shape index (κ2) is 8.90. The third-order valence-corrected chi connectivity index (χ3v) is 6.25. The predicted octanol–water partition coefficient (Wildman–Crippen LogP) is 6.22. The average molecular weight is 425 g/mol. The molecule has 0 heterocycles. The van der Waals surface area contributed by atoms with Crippen molar-refractivity contribution in [2.75, 3.05) is 5.32 Å². The first-order valence-electron chi connectivity index (χ1n) is 9.04. The maximum absolute atomic E-state index is 14.2. The summed E-state index contributed by atoms with van der Waals surface area (Å²) in [5, 5.41) is 11.9. The quantitative estimate of drug-likeness (QED) is 0.340. The Morgan fingerprint density at radius 1 is 1.00 bits per heavy atom. The fraction of sp³-hybridized carbons (Fsp3) is 0.286. The second-order valence-electron chi connectivity index (χ2n) is 6.94. The molecule has 29 heavy (non-hydrogen) atoms. The van der Waals surface area contributed by atoms with Crippen LogP contribution < -0.4 is 5.32 Å². The van der Waals surface area contributed by atoms with Gasteiger partial charge in [0, 0.05) is 39.4 Å². The number of thioether (sulfide) groups is 1. The highest BCUT2D eigenvalue weighted by molar-refractivity contribution is 8.00. The normalized spacial score (nSPS) is 19.0. The molecule has 3 rings (SSSR count). The Morgan fingerprint density at radius 2 is 1.62 bits per heavy atom. The van der Waals surface area contributed by atoms with E-state index in [1.54, 1.807) is 0 Å². The first-order chi connectivity index (χ1) is 13.7. The highest BCUT2D eigenvalue weighted by atomic mass is 32.2. The number of carbonyl (C=O) groups is 1. The molecule has 1 aliphatic carbocycles. The molecule has 1 fully saturated rings. The Hall–Kier alpha value is -2.48. The summed E-state index contributed by atoms with van der Waals surface area (Å²) in [6.07, 6.45) is 3.07. The van der Waals surface area contributed by atoms with Gasteiger partial charge in [0.2, 0.25) is 0 Å². The molecule has 0 radical (unpaired) electrons. The Labute approximate surface area is 169 Å². The van der Waals surface area contributed by atoms with Gasteiger partial charge in [-0.05, 0) is 43.9 Å². The van der Waals surface area contributed by atoms with Crippen LogP contribution in [0.5, 0.6) is 0 Å². The zero-order chi connectivity index (χ0) is 21.1. The van der Waals surface area contributed by atoms with Gasteiger partial charge in [-0.3, -0.25) is 4.79 Å². The molecule has 0 atom stereocenters. The summed E-state index contributed by atoms with van der Waals surface area (Å²) in [5.74, 6) is -5.40. The van der Waals surface area contributed by atoms with Crippen molar-refractivity contribution in [2.24, 2.45) is 5.92 Å². The van der Waals surface area contributed by atoms with Crippen LogP contribution in [0.4, 0.5) is 23.2 Å². The van der Waals surface area contributed by atoms with Gasteiger partial charge in [-0.1, -0.05) is 6.58 Å². The molecule has 0 bridgehead atoms. The van der Waals surface area contributed by atoms with Crippen molar-refractivity contribution in [2.45, 2.75) is 35.8 Å². The number of amides is 1. The van der Waals surface area contributed by atoms with Crippen LogP contribution in [0.3, 0.4) is 0 Å². The molecule has 154 valence electrons. The molecule has 0 aromatic heterocycles. The zero-order valence-corrected chi connectivity index (χ0v) is 16.2. The van der Waals surface area contributed by atoms with Gasteiger partial charge in [0.1, 0.15) is 5.82 Å². The van der Waals surface area contributed by atoms with Gasteiger partial charge < -0.3 is 10.4 Å². The molecule has 0 aliphatic heterocycles. The number of aliphatic hydroxyl groups is 1. The molecule has 1 amide bonds. The van der Waals surface area contributed by atoms with Crippen molar-refractivity contribution < 1.29 is 27.5 Å². The van der Waals surface area contributed by atoms with E-state index in [9.17, 15) is 27.5 Å². The van der Waals surface area contributed by atoms with E-state index < -0.39 is 29.2 Å². The van der Waals surface area contributed by atoms with Gasteiger partial charge in [0.15, 0.2) is 17.5 Å². The Morgan fingerprint density at radius 3 is 2.21 bits per heavy atom. The van der Waals surface area contributed by atoms with Crippen LogP contribution in [0.15, 0.2) is 47.6 Å². The second-order valence-corrected chi connectivity index (χ2v) is 8.28. The number of hydrogen-bond donors (Lipinski definition) is 2. The molecular weight excluding hydrogens is 406 g/mol. The van der Waals surface area contributed by atoms with Crippen LogP contribution >= 0.6 is 11.8 Å². The van der Waals surface area contributed by atoms with E-state index in [0.29, 0.717) is 17.0 Å². The topological polar surface area (TPSA) is 49.3 Å². The number of aliphatic hydroxyl groups excluding tert-OH is 1. The van der Waals surface area contributed by atoms with Crippen LogP contribution in [0, 0.1) is 29.2 Å². The molecule has 0 unspecified atom stereocenters. The standard InChI is InChI=1S/C21H19F4NO2S/c1-11(27)12-2-5-15(6-3-12)29-19-8-13(4-7-16(19)22)21(28)26-14-9-17(23)20(25)18(24)10-14/h4,7-10,12,15,27H,1-3,5-6H2,(H,26,28). The minimum absolute atomic E-state index is 0.0605. The van der Waals surface area contributed by atoms with Crippen LogP contribution in [0.2, 0.25) is 0 Å². The Bertz CT molecular complexity index is 919. The third-order valence-electron chi connectivity index (χ3n) is 4.87. The summed E-state index contributed by atoms with van der Waals surface area (Å²) >= 11 is 1.31. The lowest BCUT2D eigenvalue weighted by Crippen LogP contribution is -2.17. The summed E-state index contributed by atoms with van der Waals surface area (Å²) in [7, 11) is 0. The summed E-state index contributed by atoms with van der Waals surface area (Å²) in [5.41, 5.74) is -0.135. The van der Waals surface area contributed by atoms with Crippen LogP contribution in [0.1, 0.15) is 36.0 Å². The van der Waals surface area contributed by atoms with E-state index in [1.165, 1.54) is 23.9 Å². The average Bonchev–Trinajstić information content (AvgIpc) is 2.68. The molecule has 1 saturated carbocycles. The van der Waals surface area contributed by atoms with Crippen molar-refractivity contribution >= 4 is 23.4 Å². The molecule has 2 aromatic rings. The Kier molecular flexibility index (Phi) is 6.52. The fourth-order valence-electron chi connectivity index (χ4n) is 3.26. The van der Waals surface area contributed by atoms with Crippen molar-refractivity contribution in [1.82, 2.24) is 0 Å². The molecule has 8 heteroatoms. The fourth-order valence-corrected chi connectivity index (χ4v) is 4.50. The number of allylic oxidation sites excluding steroid dienone is 1. The van der Waals surface area contributed by atoms with E-state index in [0.717, 1.165) is 31.7 Å². The highest BCUT2D eigenvalue weighted by Gasteiger charge is 2.25. The summed E-state index contributed by atoms with van der Waals surface area (Å²) in [6.45, 7) is 3.56. The van der Waals surface area contributed by atoms with Crippen molar-refractivity contribution in [3.05, 3.63) is 71.5 Å². The van der Waals surface area contributed by atoms with Crippen LogP contribution in [0.25, 0.3) is 0 Å². The molecule has 3 nitrogen and oxygen atoms in total. The number of rotatable bonds is 5. The van der Waals surface area contributed by atoms with Crippen molar-refractivity contribution in [3.63, 3.8) is 0 Å². The third kappa shape index (κ3) is 5.12. The van der Waals surface area contributed by atoms with Gasteiger partial charge in [0.05, 0.1) is 5.76 Å². The van der Waals surface area contributed by atoms with Crippen LogP contribution in [-0.4, -0.2) is 16.3 Å². The van der Waals surface area contributed by atoms with E-state index in [1.807, 2.05) is 0 Å². The van der Waals surface area contributed by atoms with E-state index in [-0.39, 0.29) is 28.2 Å². The largest absolute Gasteiger partial charge is 0.513 e. The monoisotopic (exact) mass is 425 g/mol. The minimum Gasteiger partial charge on any atom is -0.513 e. The number of nitrogens with one attached hydrogen (secondary N) is 1. The Balaban J connectivity index is 1.70. The number of carbonyl (C=O) groups excluding carboxylic acids is 1. The van der Waals surface area contributed by atoms with Crippen molar-refractivity contribution in [3.8, 4) is 0 Å². The first-order valence-corrected chi connectivity index (χ1v) is 9.92. The van der Waals surface area contributed by atoms with Gasteiger partial charge >= 0.3 is 0 Å². The van der Waals surface area contributed by atoms with Crippen molar-refractivity contribution in [1.29, 1.82) is 0 Å². The maximum Gasteiger partial charge on any atom is 0.255 e. The maximum atomic E-state index is 14.2. The molecule has 0 spiro atoms. The zero-order valence-electron chi connectivity index (χ0n) is 15.4. The SMILES string of the molecule is C=C(O)C1CCC(Sc2cc(C(=O)Nc3cc(F)c(F)c(F)c3)ccc2F)CC1. The highest BCUT2D eigenvalue weighted by Crippen LogP contribution is 2.38. The van der Waals surface area contributed by atoms with Gasteiger partial charge in [-0.2, -0.15) is 0 Å². The number of benzene rings is 2. The molecular formula is C21H19F4NO2S. The number of anilines is 1. The summed E-state index contributed by atoms with van der Waals surface area (Å²) < 4.78 is 53.9. The van der Waals surface area contributed by atoms with Crippen LogP contribution in [-0.2, 0) is 0 Å². The van der Waals surface area contributed by atoms with E-state index in [2.05, 4.69) is 11.9 Å². The first kappa shape index (κ1) is 21.2. The molecule has 2 aromatic carbocycles. The van der Waals surface area contributed by atoms with E-state index in [4.69, 9.17) is 0 Å². The predicted molar refractivity (Wildman–Crippen MR) is 104 cm³/mol. The number of hydrogen-bond acceptors (Lipinski definition) is 3. The minimum atomic E-state index is -1.62. The lowest BCUT2D eigenvalue weighted by atomic mass is 9.88. The lowest BCUT2D eigenvalue weighted by Gasteiger charge is -2.27. The smallest absolute Gasteiger partial charge is 0.255 e. The van der Waals surface area contributed by atoms with Gasteiger partial charge in [-0.25, -0.2) is 17.6 Å². The summed E-state index contributed by atoms with van der Waals surface area (Å²) in [4.78, 5) is 12.7. The molecule has 2 N–H and O–H groups in total. The number of halogens is 4. The van der Waals surface area contributed by atoms with E-state index >= 15 is 0 Å². The molecule has 1 aliphatic rings.